The number of rotatable bonds is 2. The summed E-state index contributed by atoms with van der Waals surface area (Å²) in [4.78, 5) is 4.37. The number of methoxy groups -OCH3 is 1. The second-order valence-electron chi connectivity index (χ2n) is 5.11. The molecule has 0 aliphatic rings. The molecule has 0 aliphatic carbocycles. The van der Waals surface area contributed by atoms with Crippen molar-refractivity contribution in [3.63, 3.8) is 0 Å². The highest BCUT2D eigenvalue weighted by molar-refractivity contribution is 5.56. The Hall–Kier alpha value is -1.91. The van der Waals surface area contributed by atoms with Gasteiger partial charge in [-0.05, 0) is 18.2 Å². The van der Waals surface area contributed by atoms with Crippen molar-refractivity contribution in [3.05, 3.63) is 29.8 Å². The molecule has 0 atom stereocenters. The molecule has 0 saturated heterocycles. The largest absolute Gasteiger partial charge is 0.494 e. The Morgan fingerprint density at radius 3 is 2.50 bits per heavy atom. The first-order chi connectivity index (χ1) is 8.41. The van der Waals surface area contributed by atoms with Crippen LogP contribution in [-0.4, -0.2) is 22.3 Å². The molecule has 2 rings (SSSR count). The molecule has 2 aromatic rings. The molecular formula is C13H16FN3O. The first-order valence-corrected chi connectivity index (χ1v) is 5.68. The van der Waals surface area contributed by atoms with E-state index in [9.17, 15) is 4.39 Å². The predicted molar refractivity (Wildman–Crippen MR) is 67.0 cm³/mol. The van der Waals surface area contributed by atoms with Crippen LogP contribution in [0.3, 0.4) is 0 Å². The summed E-state index contributed by atoms with van der Waals surface area (Å²) >= 11 is 0. The van der Waals surface area contributed by atoms with E-state index in [1.165, 1.54) is 13.2 Å². The maximum atomic E-state index is 13.6. The molecule has 0 fully saturated rings. The number of ether oxygens (including phenoxy) is 1. The van der Waals surface area contributed by atoms with E-state index in [1.54, 1.807) is 12.1 Å². The second-order valence-corrected chi connectivity index (χ2v) is 5.11. The molecule has 18 heavy (non-hydrogen) atoms. The Bertz CT molecular complexity index is 558. The van der Waals surface area contributed by atoms with Gasteiger partial charge in [0.2, 0.25) is 0 Å². The van der Waals surface area contributed by atoms with Crippen LogP contribution < -0.4 is 4.74 Å². The summed E-state index contributed by atoms with van der Waals surface area (Å²) in [5, 5.41) is 6.98. The predicted octanol–water partition coefficient (Wildman–Crippen LogP) is 2.92. The summed E-state index contributed by atoms with van der Waals surface area (Å²) in [6.45, 7) is 6.10. The molecule has 4 nitrogen and oxygen atoms in total. The average Bonchev–Trinajstić information content (AvgIpc) is 2.77. The fourth-order valence-corrected chi connectivity index (χ4v) is 1.53. The lowest BCUT2D eigenvalue weighted by atomic mass is 9.96. The molecule has 0 bridgehead atoms. The normalized spacial score (nSPS) is 11.6. The molecule has 0 spiro atoms. The van der Waals surface area contributed by atoms with Crippen LogP contribution in [0, 0.1) is 5.82 Å². The van der Waals surface area contributed by atoms with Crippen LogP contribution >= 0.6 is 0 Å². The summed E-state index contributed by atoms with van der Waals surface area (Å²) in [6, 6.07) is 4.67. The molecule has 1 aromatic heterocycles. The lowest BCUT2D eigenvalue weighted by molar-refractivity contribution is 0.386. The third-order valence-electron chi connectivity index (χ3n) is 2.61. The maximum absolute atomic E-state index is 13.6. The fourth-order valence-electron chi connectivity index (χ4n) is 1.53. The van der Waals surface area contributed by atoms with Gasteiger partial charge in [0.15, 0.2) is 17.4 Å². The van der Waals surface area contributed by atoms with Gasteiger partial charge >= 0.3 is 0 Å². The molecule has 0 amide bonds. The Labute approximate surface area is 105 Å². The van der Waals surface area contributed by atoms with E-state index >= 15 is 0 Å². The minimum Gasteiger partial charge on any atom is -0.494 e. The van der Waals surface area contributed by atoms with Gasteiger partial charge in [0.05, 0.1) is 7.11 Å². The standard InChI is InChI=1S/C13H16FN3O/c1-13(2,3)12-15-11(16-17-12)8-5-6-10(18-4)9(14)7-8/h5-7H,1-4H3,(H,15,16,17). The molecule has 0 saturated carbocycles. The lowest BCUT2D eigenvalue weighted by Crippen LogP contribution is -2.13. The summed E-state index contributed by atoms with van der Waals surface area (Å²) in [6.07, 6.45) is 0. The summed E-state index contributed by atoms with van der Waals surface area (Å²) < 4.78 is 18.5. The number of hydrogen-bond donors (Lipinski definition) is 1. The van der Waals surface area contributed by atoms with Crippen molar-refractivity contribution in [3.8, 4) is 17.1 Å². The van der Waals surface area contributed by atoms with Gasteiger partial charge in [0, 0.05) is 11.0 Å². The highest BCUT2D eigenvalue weighted by Gasteiger charge is 2.19. The summed E-state index contributed by atoms with van der Waals surface area (Å²) in [5.74, 6) is 1.05. The van der Waals surface area contributed by atoms with Gasteiger partial charge in [0.1, 0.15) is 5.82 Å². The van der Waals surface area contributed by atoms with Gasteiger partial charge in [0.25, 0.3) is 0 Å². The molecule has 1 N–H and O–H groups in total. The van der Waals surface area contributed by atoms with Gasteiger partial charge < -0.3 is 4.74 Å². The zero-order valence-electron chi connectivity index (χ0n) is 10.9. The first-order valence-electron chi connectivity index (χ1n) is 5.68. The zero-order valence-corrected chi connectivity index (χ0v) is 10.9. The van der Waals surface area contributed by atoms with E-state index in [-0.39, 0.29) is 11.2 Å². The quantitative estimate of drug-likeness (QED) is 0.890. The summed E-state index contributed by atoms with van der Waals surface area (Å²) in [5.41, 5.74) is 0.510. The molecule has 0 radical (unpaired) electrons. The molecule has 1 heterocycles. The van der Waals surface area contributed by atoms with Crippen LogP contribution in [0.25, 0.3) is 11.4 Å². The number of halogens is 1. The number of nitrogens with one attached hydrogen (secondary N) is 1. The van der Waals surface area contributed by atoms with Gasteiger partial charge in [-0.2, -0.15) is 5.10 Å². The van der Waals surface area contributed by atoms with Crippen molar-refractivity contribution in [2.75, 3.05) is 7.11 Å². The van der Waals surface area contributed by atoms with E-state index in [1.807, 2.05) is 20.8 Å². The van der Waals surface area contributed by atoms with Crippen molar-refractivity contribution < 1.29 is 9.13 Å². The monoisotopic (exact) mass is 249 g/mol. The van der Waals surface area contributed by atoms with E-state index < -0.39 is 5.82 Å². The van der Waals surface area contributed by atoms with Crippen LogP contribution in [-0.2, 0) is 5.41 Å². The number of benzene rings is 1. The molecule has 1 aromatic carbocycles. The van der Waals surface area contributed by atoms with Crippen LogP contribution in [0.1, 0.15) is 26.6 Å². The van der Waals surface area contributed by atoms with Crippen molar-refractivity contribution >= 4 is 0 Å². The molecule has 96 valence electrons. The molecule has 5 heteroatoms. The molecular weight excluding hydrogens is 233 g/mol. The van der Waals surface area contributed by atoms with E-state index in [2.05, 4.69) is 15.2 Å². The minimum atomic E-state index is -0.419. The first kappa shape index (κ1) is 12.5. The Kier molecular flexibility index (Phi) is 3.07. The Morgan fingerprint density at radius 1 is 1.28 bits per heavy atom. The number of hydrogen-bond acceptors (Lipinski definition) is 3. The fraction of sp³-hybridized carbons (Fsp3) is 0.385. The number of aromatic nitrogens is 3. The maximum Gasteiger partial charge on any atom is 0.181 e. The topological polar surface area (TPSA) is 50.8 Å². The molecule has 0 aliphatic heterocycles. The van der Waals surface area contributed by atoms with E-state index in [0.717, 1.165) is 5.82 Å². The van der Waals surface area contributed by atoms with Crippen LogP contribution in [0.4, 0.5) is 4.39 Å². The van der Waals surface area contributed by atoms with Gasteiger partial charge in [-0.25, -0.2) is 9.37 Å². The van der Waals surface area contributed by atoms with Crippen molar-refractivity contribution in [1.29, 1.82) is 0 Å². The Morgan fingerprint density at radius 2 is 2.00 bits per heavy atom. The zero-order chi connectivity index (χ0) is 13.3. The number of nitrogens with zero attached hydrogens (tertiary/aromatic N) is 2. The smallest absolute Gasteiger partial charge is 0.181 e. The highest BCUT2D eigenvalue weighted by atomic mass is 19.1. The van der Waals surface area contributed by atoms with Crippen molar-refractivity contribution in [2.24, 2.45) is 0 Å². The van der Waals surface area contributed by atoms with Gasteiger partial charge in [-0.1, -0.05) is 20.8 Å². The SMILES string of the molecule is COc1ccc(-c2n[nH]c(C(C)(C)C)n2)cc1F. The average molecular weight is 249 g/mol. The van der Waals surface area contributed by atoms with Crippen LogP contribution in [0.15, 0.2) is 18.2 Å². The molecule has 0 unspecified atom stereocenters. The van der Waals surface area contributed by atoms with Crippen LogP contribution in [0.5, 0.6) is 5.75 Å². The van der Waals surface area contributed by atoms with Gasteiger partial charge in [-0.15, -0.1) is 0 Å². The van der Waals surface area contributed by atoms with E-state index in [4.69, 9.17) is 4.74 Å². The minimum absolute atomic E-state index is 0.115. The van der Waals surface area contributed by atoms with Crippen molar-refractivity contribution in [1.82, 2.24) is 15.2 Å². The third kappa shape index (κ3) is 2.34. The lowest BCUT2D eigenvalue weighted by Gasteiger charge is -2.12. The highest BCUT2D eigenvalue weighted by Crippen LogP contribution is 2.25. The third-order valence-corrected chi connectivity index (χ3v) is 2.61. The van der Waals surface area contributed by atoms with E-state index in [0.29, 0.717) is 11.4 Å². The second kappa shape index (κ2) is 4.40. The van der Waals surface area contributed by atoms with Crippen LogP contribution in [0.2, 0.25) is 0 Å². The summed E-state index contributed by atoms with van der Waals surface area (Å²) in [7, 11) is 1.43. The Balaban J connectivity index is 2.38. The number of aromatic amines is 1. The van der Waals surface area contributed by atoms with Crippen molar-refractivity contribution in [2.45, 2.75) is 26.2 Å². The van der Waals surface area contributed by atoms with Gasteiger partial charge in [-0.3, -0.25) is 5.10 Å². The number of H-pyrrole nitrogens is 1.